The number of nitrogens with zero attached hydrogens (tertiary/aromatic N) is 1. The first-order valence-electron chi connectivity index (χ1n) is 9.40. The third-order valence-corrected chi connectivity index (χ3v) is 4.66. The van der Waals surface area contributed by atoms with Gasteiger partial charge in [-0.3, -0.25) is 4.79 Å². The van der Waals surface area contributed by atoms with Gasteiger partial charge >= 0.3 is 0 Å². The Kier molecular flexibility index (Phi) is 6.34. The molecule has 6 heteroatoms. The molecule has 0 radical (unpaired) electrons. The zero-order chi connectivity index (χ0) is 20.8. The molecule has 0 unspecified atom stereocenters. The minimum atomic E-state index is -0.237. The van der Waals surface area contributed by atoms with Gasteiger partial charge in [-0.2, -0.15) is 0 Å². The number of benzene rings is 2. The van der Waals surface area contributed by atoms with Crippen LogP contribution >= 0.6 is 0 Å². The fraction of sp³-hybridized carbons (Fsp3) is 0.217. The number of ether oxygens (including phenoxy) is 2. The maximum Gasteiger partial charge on any atom is 0.274 e. The van der Waals surface area contributed by atoms with E-state index >= 15 is 0 Å². The lowest BCUT2D eigenvalue weighted by Gasteiger charge is -2.14. The molecular weight excluding hydrogens is 366 g/mol. The Hall–Kier alpha value is -3.54. The first-order valence-corrected chi connectivity index (χ1v) is 9.40. The van der Waals surface area contributed by atoms with Crippen LogP contribution in [0.15, 0.2) is 54.7 Å². The van der Waals surface area contributed by atoms with E-state index in [1.54, 1.807) is 32.5 Å². The average Bonchev–Trinajstić information content (AvgIpc) is 2.75. The summed E-state index contributed by atoms with van der Waals surface area (Å²) in [5, 5.41) is 6.23. The largest absolute Gasteiger partial charge is 0.497 e. The fourth-order valence-electron chi connectivity index (χ4n) is 3.05. The Morgan fingerprint density at radius 2 is 1.90 bits per heavy atom. The SMILES string of the molecule is CCc1cccc(C)c1NC(=O)c1ccc(Nc2cc(OC)ccc2OC)cn1. The van der Waals surface area contributed by atoms with Crippen molar-refractivity contribution in [2.24, 2.45) is 0 Å². The molecule has 150 valence electrons. The predicted molar refractivity (Wildman–Crippen MR) is 116 cm³/mol. The Bertz CT molecular complexity index is 1000. The number of methoxy groups -OCH3 is 2. The van der Waals surface area contributed by atoms with Crippen LogP contribution in [0.3, 0.4) is 0 Å². The quantitative estimate of drug-likeness (QED) is 0.595. The van der Waals surface area contributed by atoms with Gasteiger partial charge in [-0.25, -0.2) is 4.98 Å². The summed E-state index contributed by atoms with van der Waals surface area (Å²) < 4.78 is 10.6. The van der Waals surface area contributed by atoms with E-state index in [4.69, 9.17) is 9.47 Å². The van der Waals surface area contributed by atoms with Crippen LogP contribution < -0.4 is 20.1 Å². The third kappa shape index (κ3) is 4.66. The van der Waals surface area contributed by atoms with Gasteiger partial charge in [0.15, 0.2) is 0 Å². The van der Waals surface area contributed by atoms with Gasteiger partial charge in [-0.15, -0.1) is 0 Å². The minimum absolute atomic E-state index is 0.237. The third-order valence-electron chi connectivity index (χ3n) is 4.66. The molecule has 1 aromatic heterocycles. The number of nitrogens with one attached hydrogen (secondary N) is 2. The number of amides is 1. The van der Waals surface area contributed by atoms with Crippen LogP contribution in [0.4, 0.5) is 17.1 Å². The lowest BCUT2D eigenvalue weighted by Crippen LogP contribution is -2.15. The van der Waals surface area contributed by atoms with E-state index < -0.39 is 0 Å². The molecule has 1 heterocycles. The van der Waals surface area contributed by atoms with Crippen LogP contribution in [0.2, 0.25) is 0 Å². The van der Waals surface area contributed by atoms with Crippen LogP contribution in [-0.2, 0) is 6.42 Å². The van der Waals surface area contributed by atoms with Gasteiger partial charge < -0.3 is 20.1 Å². The maximum atomic E-state index is 12.7. The summed E-state index contributed by atoms with van der Waals surface area (Å²) in [5.41, 5.74) is 4.81. The molecule has 0 saturated carbocycles. The molecule has 2 aromatic carbocycles. The van der Waals surface area contributed by atoms with E-state index in [0.29, 0.717) is 17.2 Å². The molecule has 0 bridgehead atoms. The smallest absolute Gasteiger partial charge is 0.274 e. The number of pyridine rings is 1. The number of para-hydroxylation sites is 1. The standard InChI is InChI=1S/C23H25N3O3/c1-5-16-8-6-7-15(2)22(16)26-23(27)19-11-9-17(14-24-19)25-20-13-18(28-3)10-12-21(20)29-4/h6-14,25H,5H2,1-4H3,(H,26,27). The van der Waals surface area contributed by atoms with Crippen LogP contribution in [0.5, 0.6) is 11.5 Å². The molecule has 0 spiro atoms. The predicted octanol–water partition coefficient (Wildman–Crippen LogP) is 4.97. The second-order valence-electron chi connectivity index (χ2n) is 6.54. The molecule has 0 aliphatic carbocycles. The van der Waals surface area contributed by atoms with E-state index in [0.717, 1.165) is 34.6 Å². The number of rotatable bonds is 7. The molecule has 0 saturated heterocycles. The molecule has 0 fully saturated rings. The average molecular weight is 391 g/mol. The summed E-state index contributed by atoms with van der Waals surface area (Å²) in [5.74, 6) is 1.15. The van der Waals surface area contributed by atoms with Gasteiger partial charge in [-0.05, 0) is 48.7 Å². The van der Waals surface area contributed by atoms with E-state index in [9.17, 15) is 4.79 Å². The van der Waals surface area contributed by atoms with Crippen molar-refractivity contribution in [2.45, 2.75) is 20.3 Å². The molecule has 3 aromatic rings. The normalized spacial score (nSPS) is 10.3. The Morgan fingerprint density at radius 1 is 1.07 bits per heavy atom. The van der Waals surface area contributed by atoms with Gasteiger partial charge in [0.05, 0.1) is 31.8 Å². The minimum Gasteiger partial charge on any atom is -0.497 e. The van der Waals surface area contributed by atoms with Crippen molar-refractivity contribution in [3.63, 3.8) is 0 Å². The molecule has 6 nitrogen and oxygen atoms in total. The van der Waals surface area contributed by atoms with Crippen molar-refractivity contribution in [1.82, 2.24) is 4.98 Å². The topological polar surface area (TPSA) is 72.5 Å². The molecular formula is C23H25N3O3. The lowest BCUT2D eigenvalue weighted by atomic mass is 10.1. The highest BCUT2D eigenvalue weighted by Crippen LogP contribution is 2.31. The highest BCUT2D eigenvalue weighted by Gasteiger charge is 2.12. The molecule has 29 heavy (non-hydrogen) atoms. The summed E-state index contributed by atoms with van der Waals surface area (Å²) in [6.45, 7) is 4.05. The van der Waals surface area contributed by atoms with Crippen LogP contribution in [0, 0.1) is 6.92 Å². The summed E-state index contributed by atoms with van der Waals surface area (Å²) in [6, 6.07) is 15.0. The van der Waals surface area contributed by atoms with Crippen molar-refractivity contribution in [3.05, 3.63) is 71.5 Å². The lowest BCUT2D eigenvalue weighted by molar-refractivity contribution is 0.102. The van der Waals surface area contributed by atoms with Gasteiger partial charge in [-0.1, -0.05) is 25.1 Å². The first-order chi connectivity index (χ1) is 14.0. The van der Waals surface area contributed by atoms with Crippen LogP contribution in [-0.4, -0.2) is 25.1 Å². The van der Waals surface area contributed by atoms with Gasteiger partial charge in [0.25, 0.3) is 5.91 Å². The van der Waals surface area contributed by atoms with E-state index in [1.807, 2.05) is 43.3 Å². The number of carbonyl (C=O) groups excluding carboxylic acids is 1. The molecule has 2 N–H and O–H groups in total. The number of aromatic nitrogens is 1. The Morgan fingerprint density at radius 3 is 2.55 bits per heavy atom. The number of carbonyl (C=O) groups is 1. The van der Waals surface area contributed by atoms with E-state index in [-0.39, 0.29) is 5.91 Å². The van der Waals surface area contributed by atoms with Crippen LogP contribution in [0.1, 0.15) is 28.5 Å². The molecule has 3 rings (SSSR count). The zero-order valence-electron chi connectivity index (χ0n) is 17.1. The van der Waals surface area contributed by atoms with Crippen LogP contribution in [0.25, 0.3) is 0 Å². The molecule has 0 aliphatic rings. The van der Waals surface area contributed by atoms with Crippen molar-refractivity contribution in [3.8, 4) is 11.5 Å². The highest BCUT2D eigenvalue weighted by molar-refractivity contribution is 6.03. The second-order valence-corrected chi connectivity index (χ2v) is 6.54. The van der Waals surface area contributed by atoms with E-state index in [2.05, 4.69) is 22.5 Å². The summed E-state index contributed by atoms with van der Waals surface area (Å²) in [4.78, 5) is 17.0. The number of hydrogen-bond donors (Lipinski definition) is 2. The number of hydrogen-bond acceptors (Lipinski definition) is 5. The zero-order valence-corrected chi connectivity index (χ0v) is 17.1. The Labute approximate surface area is 170 Å². The van der Waals surface area contributed by atoms with Gasteiger partial charge in [0, 0.05) is 11.8 Å². The summed E-state index contributed by atoms with van der Waals surface area (Å²) in [7, 11) is 3.22. The number of anilines is 3. The van der Waals surface area contributed by atoms with Crippen molar-refractivity contribution in [2.75, 3.05) is 24.9 Å². The maximum absolute atomic E-state index is 12.7. The van der Waals surface area contributed by atoms with E-state index in [1.165, 1.54) is 0 Å². The number of aryl methyl sites for hydroxylation is 2. The van der Waals surface area contributed by atoms with Crippen molar-refractivity contribution >= 4 is 23.0 Å². The van der Waals surface area contributed by atoms with Crippen molar-refractivity contribution in [1.29, 1.82) is 0 Å². The second kappa shape index (κ2) is 9.10. The highest BCUT2D eigenvalue weighted by atomic mass is 16.5. The Balaban J connectivity index is 1.76. The molecule has 0 atom stereocenters. The first kappa shape index (κ1) is 20.2. The fourth-order valence-corrected chi connectivity index (χ4v) is 3.05. The van der Waals surface area contributed by atoms with Gasteiger partial charge in [0.2, 0.25) is 0 Å². The monoisotopic (exact) mass is 391 g/mol. The summed E-state index contributed by atoms with van der Waals surface area (Å²) in [6.07, 6.45) is 2.46. The van der Waals surface area contributed by atoms with Crippen molar-refractivity contribution < 1.29 is 14.3 Å². The molecule has 0 aliphatic heterocycles. The summed E-state index contributed by atoms with van der Waals surface area (Å²) >= 11 is 0. The van der Waals surface area contributed by atoms with Gasteiger partial charge in [0.1, 0.15) is 17.2 Å². The molecule has 1 amide bonds.